The third-order valence-electron chi connectivity index (χ3n) is 11.4. The summed E-state index contributed by atoms with van der Waals surface area (Å²) in [4.78, 5) is 13.9. The SMILES string of the molecule is CC(C)=CCC[C@@H](C)[C@@H]1CC[C@]2(C)C3=C([C@@H](O)C[C@@]12C)[C@@]1(C)CC[C@H](O)C(C)(C)[C@@H]1CC3=O. The molecule has 0 aromatic heterocycles. The number of carbonyl (C=O) groups excluding carboxylic acids is 1. The number of carbonyl (C=O) groups is 1. The average molecular weight is 457 g/mol. The lowest BCUT2D eigenvalue weighted by atomic mass is 9.42. The molecule has 2 saturated carbocycles. The number of hydrogen-bond donors (Lipinski definition) is 2. The van der Waals surface area contributed by atoms with Crippen molar-refractivity contribution in [3.63, 3.8) is 0 Å². The van der Waals surface area contributed by atoms with Gasteiger partial charge in [0, 0.05) is 17.4 Å². The van der Waals surface area contributed by atoms with E-state index in [1.807, 2.05) is 0 Å². The molecule has 0 saturated heterocycles. The average Bonchev–Trinajstić information content (AvgIpc) is 2.97. The van der Waals surface area contributed by atoms with Gasteiger partial charge in [-0.2, -0.15) is 0 Å². The lowest BCUT2D eigenvalue weighted by Gasteiger charge is -2.62. The van der Waals surface area contributed by atoms with Gasteiger partial charge in [0.25, 0.3) is 0 Å². The summed E-state index contributed by atoms with van der Waals surface area (Å²) in [5.41, 5.74) is 2.68. The van der Waals surface area contributed by atoms with Gasteiger partial charge in [-0.3, -0.25) is 4.79 Å². The predicted molar refractivity (Wildman–Crippen MR) is 135 cm³/mol. The largest absolute Gasteiger partial charge is 0.393 e. The highest BCUT2D eigenvalue weighted by Crippen LogP contribution is 2.71. The third kappa shape index (κ3) is 3.46. The summed E-state index contributed by atoms with van der Waals surface area (Å²) in [5, 5.41) is 22.5. The summed E-state index contributed by atoms with van der Waals surface area (Å²) in [6.45, 7) is 18.0. The first-order chi connectivity index (χ1) is 15.2. The molecule has 0 aliphatic heterocycles. The first-order valence-electron chi connectivity index (χ1n) is 13.5. The monoisotopic (exact) mass is 456 g/mol. The quantitative estimate of drug-likeness (QED) is 0.467. The molecule has 33 heavy (non-hydrogen) atoms. The van der Waals surface area contributed by atoms with Gasteiger partial charge in [0.1, 0.15) is 0 Å². The summed E-state index contributed by atoms with van der Waals surface area (Å²) in [7, 11) is 0. The highest BCUT2D eigenvalue weighted by Gasteiger charge is 2.67. The fourth-order valence-corrected chi connectivity index (χ4v) is 9.22. The van der Waals surface area contributed by atoms with E-state index in [0.29, 0.717) is 18.3 Å². The van der Waals surface area contributed by atoms with Gasteiger partial charge in [-0.1, -0.05) is 53.2 Å². The van der Waals surface area contributed by atoms with Crippen LogP contribution in [0, 0.1) is 39.4 Å². The maximum atomic E-state index is 13.9. The van der Waals surface area contributed by atoms with E-state index < -0.39 is 6.10 Å². The molecule has 0 amide bonds. The first kappa shape index (κ1) is 25.2. The second-order valence-electron chi connectivity index (χ2n) is 13.7. The number of ketones is 1. The molecule has 3 heteroatoms. The molecular formula is C30H48O3. The molecule has 0 aromatic rings. The van der Waals surface area contributed by atoms with Gasteiger partial charge < -0.3 is 10.2 Å². The maximum Gasteiger partial charge on any atom is 0.159 e. The van der Waals surface area contributed by atoms with E-state index in [-0.39, 0.29) is 39.5 Å². The number of Topliss-reactive ketones (excluding diaryl/α,β-unsaturated/α-hetero) is 1. The van der Waals surface area contributed by atoms with Crippen molar-refractivity contribution in [2.45, 2.75) is 119 Å². The maximum absolute atomic E-state index is 13.9. The molecule has 0 bridgehead atoms. The molecule has 0 heterocycles. The van der Waals surface area contributed by atoms with Crippen LogP contribution in [-0.4, -0.2) is 28.2 Å². The van der Waals surface area contributed by atoms with E-state index >= 15 is 0 Å². The van der Waals surface area contributed by atoms with Crippen LogP contribution in [0.4, 0.5) is 0 Å². The Kier molecular flexibility index (Phi) is 6.14. The summed E-state index contributed by atoms with van der Waals surface area (Å²) < 4.78 is 0. The van der Waals surface area contributed by atoms with Crippen LogP contribution in [0.5, 0.6) is 0 Å². The number of fused-ring (bicyclic) bond motifs is 4. The fraction of sp³-hybridized carbons (Fsp3) is 0.833. The zero-order valence-electron chi connectivity index (χ0n) is 22.4. The highest BCUT2D eigenvalue weighted by atomic mass is 16.3. The third-order valence-corrected chi connectivity index (χ3v) is 11.4. The lowest BCUT2D eigenvalue weighted by Crippen LogP contribution is -2.59. The summed E-state index contributed by atoms with van der Waals surface area (Å²) in [5.74, 6) is 1.44. The number of hydrogen-bond acceptors (Lipinski definition) is 3. The van der Waals surface area contributed by atoms with Crippen molar-refractivity contribution in [3.05, 3.63) is 22.8 Å². The molecule has 2 N–H and O–H groups in total. The van der Waals surface area contributed by atoms with E-state index in [2.05, 4.69) is 61.5 Å². The Balaban J connectivity index is 1.75. The summed E-state index contributed by atoms with van der Waals surface area (Å²) in [6.07, 6.45) is 8.76. The van der Waals surface area contributed by atoms with E-state index in [0.717, 1.165) is 49.7 Å². The number of rotatable bonds is 4. The first-order valence-corrected chi connectivity index (χ1v) is 13.5. The number of allylic oxidation sites excluding steroid dienone is 3. The Hall–Kier alpha value is -0.930. The normalized spacial score (nSPS) is 45.2. The molecule has 4 aliphatic carbocycles. The molecule has 3 nitrogen and oxygen atoms in total. The molecule has 0 radical (unpaired) electrons. The molecule has 4 rings (SSSR count). The Morgan fingerprint density at radius 1 is 1.09 bits per heavy atom. The van der Waals surface area contributed by atoms with Crippen molar-refractivity contribution in [1.29, 1.82) is 0 Å². The minimum atomic E-state index is -0.550. The van der Waals surface area contributed by atoms with E-state index in [1.54, 1.807) is 0 Å². The van der Waals surface area contributed by atoms with Gasteiger partial charge in [0.15, 0.2) is 5.78 Å². The van der Waals surface area contributed by atoms with E-state index in [9.17, 15) is 15.0 Å². The van der Waals surface area contributed by atoms with Crippen LogP contribution in [0.3, 0.4) is 0 Å². The second-order valence-corrected chi connectivity index (χ2v) is 13.7. The van der Waals surface area contributed by atoms with Gasteiger partial charge >= 0.3 is 0 Å². The number of aliphatic hydroxyl groups is 2. The molecular weight excluding hydrogens is 408 g/mol. The Morgan fingerprint density at radius 2 is 1.76 bits per heavy atom. The van der Waals surface area contributed by atoms with Crippen molar-refractivity contribution in [2.75, 3.05) is 0 Å². The molecule has 4 aliphatic rings. The standard InChI is InChI=1S/C30H48O3/c1-18(2)10-9-11-19(3)20-12-15-29(7)26-21(31)16-23-27(4,5)24(33)13-14-28(23,6)25(26)22(32)17-30(20,29)8/h10,19-20,22-24,32-33H,9,11-17H2,1-8H3/t19-,20+,22+,23+,24+,28+,29-,30+/m1/s1. The van der Waals surface area contributed by atoms with Crippen molar-refractivity contribution in [1.82, 2.24) is 0 Å². The van der Waals surface area contributed by atoms with Crippen LogP contribution in [0.2, 0.25) is 0 Å². The summed E-state index contributed by atoms with van der Waals surface area (Å²) in [6, 6.07) is 0. The van der Waals surface area contributed by atoms with Crippen LogP contribution < -0.4 is 0 Å². The zero-order valence-corrected chi connectivity index (χ0v) is 22.4. The molecule has 8 atom stereocenters. The van der Waals surface area contributed by atoms with E-state index in [4.69, 9.17) is 0 Å². The predicted octanol–water partition coefficient (Wildman–Crippen LogP) is 6.63. The van der Waals surface area contributed by atoms with Crippen LogP contribution in [-0.2, 0) is 4.79 Å². The highest BCUT2D eigenvalue weighted by molar-refractivity contribution is 6.00. The van der Waals surface area contributed by atoms with Gasteiger partial charge in [-0.25, -0.2) is 0 Å². The van der Waals surface area contributed by atoms with Gasteiger partial charge in [0.2, 0.25) is 0 Å². The molecule has 0 aromatic carbocycles. The van der Waals surface area contributed by atoms with Crippen LogP contribution in [0.25, 0.3) is 0 Å². The van der Waals surface area contributed by atoms with Crippen LogP contribution >= 0.6 is 0 Å². The van der Waals surface area contributed by atoms with Crippen LogP contribution in [0.1, 0.15) is 107 Å². The molecule has 2 fully saturated rings. The number of aliphatic hydroxyl groups excluding tert-OH is 2. The van der Waals surface area contributed by atoms with E-state index in [1.165, 1.54) is 12.0 Å². The second kappa shape index (κ2) is 8.05. The Bertz CT molecular complexity index is 877. The topological polar surface area (TPSA) is 57.5 Å². The lowest BCUT2D eigenvalue weighted by molar-refractivity contribution is -0.138. The van der Waals surface area contributed by atoms with Crippen LogP contribution in [0.15, 0.2) is 22.8 Å². The molecule has 186 valence electrons. The minimum absolute atomic E-state index is 0.0573. The van der Waals surface area contributed by atoms with Gasteiger partial charge in [0.05, 0.1) is 12.2 Å². The van der Waals surface area contributed by atoms with Crippen molar-refractivity contribution >= 4 is 5.78 Å². The summed E-state index contributed by atoms with van der Waals surface area (Å²) >= 11 is 0. The smallest absolute Gasteiger partial charge is 0.159 e. The zero-order chi connectivity index (χ0) is 24.6. The molecule has 0 unspecified atom stereocenters. The van der Waals surface area contributed by atoms with Gasteiger partial charge in [-0.05, 0) is 98.4 Å². The van der Waals surface area contributed by atoms with Crippen molar-refractivity contribution < 1.29 is 15.0 Å². The Morgan fingerprint density at radius 3 is 2.39 bits per heavy atom. The molecule has 0 spiro atoms. The van der Waals surface area contributed by atoms with Crippen molar-refractivity contribution in [3.8, 4) is 0 Å². The van der Waals surface area contributed by atoms with Crippen molar-refractivity contribution in [2.24, 2.45) is 39.4 Å². The Labute approximate surface area is 202 Å². The fourth-order valence-electron chi connectivity index (χ4n) is 9.22. The minimum Gasteiger partial charge on any atom is -0.393 e. The van der Waals surface area contributed by atoms with Gasteiger partial charge in [-0.15, -0.1) is 0 Å².